The van der Waals surface area contributed by atoms with Crippen LogP contribution >= 0.6 is 0 Å². The van der Waals surface area contributed by atoms with Gasteiger partial charge in [0, 0.05) is 11.8 Å². The molecule has 0 aromatic heterocycles. The fourth-order valence-corrected chi connectivity index (χ4v) is 3.47. The smallest absolute Gasteiger partial charge is 0.251 e. The summed E-state index contributed by atoms with van der Waals surface area (Å²) in [7, 11) is -3.27. The molecular formula is C20H19NO3S. The van der Waals surface area contributed by atoms with Gasteiger partial charge in [0.05, 0.1) is 10.9 Å². The molecule has 4 nitrogen and oxygen atoms in total. The van der Waals surface area contributed by atoms with Gasteiger partial charge in [0.1, 0.15) is 0 Å². The molecule has 0 aliphatic heterocycles. The van der Waals surface area contributed by atoms with Crippen LogP contribution in [0.4, 0.5) is 0 Å². The monoisotopic (exact) mass is 353 g/mol. The van der Waals surface area contributed by atoms with Crippen LogP contribution in [0.25, 0.3) is 10.8 Å². The number of hydrogen-bond donors (Lipinski definition) is 1. The third-order valence-electron chi connectivity index (χ3n) is 4.18. The topological polar surface area (TPSA) is 63.2 Å². The molecule has 1 atom stereocenters. The summed E-state index contributed by atoms with van der Waals surface area (Å²) in [6, 6.07) is 19.8. The van der Waals surface area contributed by atoms with Crippen molar-refractivity contribution < 1.29 is 13.2 Å². The van der Waals surface area contributed by atoms with Crippen molar-refractivity contribution in [2.24, 2.45) is 0 Å². The van der Waals surface area contributed by atoms with Gasteiger partial charge in [0.25, 0.3) is 5.91 Å². The third-order valence-corrected chi connectivity index (χ3v) is 5.31. The summed E-state index contributed by atoms with van der Waals surface area (Å²) in [5, 5.41) is 5.20. The van der Waals surface area contributed by atoms with Crippen molar-refractivity contribution >= 4 is 26.5 Å². The van der Waals surface area contributed by atoms with Crippen LogP contribution in [-0.4, -0.2) is 20.6 Å². The molecule has 5 heteroatoms. The minimum Gasteiger partial charge on any atom is -0.345 e. The molecule has 0 heterocycles. The van der Waals surface area contributed by atoms with Crippen molar-refractivity contribution in [1.29, 1.82) is 0 Å². The van der Waals surface area contributed by atoms with Crippen LogP contribution in [-0.2, 0) is 9.84 Å². The Morgan fingerprint density at radius 1 is 0.920 bits per heavy atom. The number of nitrogens with one attached hydrogen (secondary N) is 1. The number of amides is 1. The molecule has 0 aliphatic carbocycles. The highest BCUT2D eigenvalue weighted by Crippen LogP contribution is 2.24. The lowest BCUT2D eigenvalue weighted by molar-refractivity contribution is 0.0940. The summed E-state index contributed by atoms with van der Waals surface area (Å²) < 4.78 is 23.0. The fraction of sp³-hybridized carbons (Fsp3) is 0.150. The molecule has 0 bridgehead atoms. The minimum atomic E-state index is -3.27. The SMILES string of the molecule is C[C@H](NC(=O)c1ccc(S(C)(=O)=O)cc1)c1cccc2ccccc12. The number of benzene rings is 3. The maximum Gasteiger partial charge on any atom is 0.251 e. The third kappa shape index (κ3) is 3.72. The molecule has 128 valence electrons. The zero-order valence-electron chi connectivity index (χ0n) is 14.1. The Morgan fingerprint density at radius 2 is 1.56 bits per heavy atom. The molecule has 3 aromatic carbocycles. The highest BCUT2D eigenvalue weighted by molar-refractivity contribution is 7.90. The number of sulfone groups is 1. The average Bonchev–Trinajstić information content (AvgIpc) is 2.60. The molecule has 0 saturated carbocycles. The van der Waals surface area contributed by atoms with E-state index in [1.165, 1.54) is 24.3 Å². The van der Waals surface area contributed by atoms with Gasteiger partial charge >= 0.3 is 0 Å². The minimum absolute atomic E-state index is 0.173. The van der Waals surface area contributed by atoms with Crippen molar-refractivity contribution in [1.82, 2.24) is 5.32 Å². The second kappa shape index (κ2) is 6.69. The van der Waals surface area contributed by atoms with Crippen LogP contribution in [0, 0.1) is 0 Å². The van der Waals surface area contributed by atoms with E-state index in [-0.39, 0.29) is 16.8 Å². The largest absolute Gasteiger partial charge is 0.345 e. The normalized spacial score (nSPS) is 12.7. The van der Waals surface area contributed by atoms with E-state index in [2.05, 4.69) is 5.32 Å². The van der Waals surface area contributed by atoms with E-state index in [1.54, 1.807) is 0 Å². The van der Waals surface area contributed by atoms with E-state index in [0.717, 1.165) is 22.6 Å². The Kier molecular flexibility index (Phi) is 4.59. The van der Waals surface area contributed by atoms with Gasteiger partial charge in [-0.1, -0.05) is 42.5 Å². The van der Waals surface area contributed by atoms with E-state index in [1.807, 2.05) is 49.4 Å². The van der Waals surface area contributed by atoms with Crippen LogP contribution in [0.2, 0.25) is 0 Å². The van der Waals surface area contributed by atoms with Gasteiger partial charge in [-0.3, -0.25) is 4.79 Å². The van der Waals surface area contributed by atoms with E-state index in [0.29, 0.717) is 5.56 Å². The Bertz CT molecular complexity index is 1020. The van der Waals surface area contributed by atoms with Crippen LogP contribution in [0.5, 0.6) is 0 Å². The molecule has 0 spiro atoms. The Labute approximate surface area is 147 Å². The van der Waals surface area contributed by atoms with Gasteiger partial charge in [0.2, 0.25) is 0 Å². The van der Waals surface area contributed by atoms with Crippen LogP contribution < -0.4 is 5.32 Å². The number of carbonyl (C=O) groups excluding carboxylic acids is 1. The van der Waals surface area contributed by atoms with E-state index < -0.39 is 9.84 Å². The van der Waals surface area contributed by atoms with Gasteiger partial charge in [-0.15, -0.1) is 0 Å². The van der Waals surface area contributed by atoms with Gasteiger partial charge < -0.3 is 5.32 Å². The first kappa shape index (κ1) is 17.2. The molecule has 0 radical (unpaired) electrons. The first-order valence-electron chi connectivity index (χ1n) is 7.95. The van der Waals surface area contributed by atoms with Gasteiger partial charge in [-0.05, 0) is 47.5 Å². The first-order valence-corrected chi connectivity index (χ1v) is 9.84. The second-order valence-corrected chi connectivity index (χ2v) is 8.08. The fourth-order valence-electron chi connectivity index (χ4n) is 2.84. The first-order chi connectivity index (χ1) is 11.9. The van der Waals surface area contributed by atoms with Crippen LogP contribution in [0.3, 0.4) is 0 Å². The van der Waals surface area contributed by atoms with Crippen LogP contribution in [0.15, 0.2) is 71.6 Å². The van der Waals surface area contributed by atoms with E-state index >= 15 is 0 Å². The Balaban J connectivity index is 1.82. The number of fused-ring (bicyclic) bond motifs is 1. The molecule has 3 aromatic rings. The lowest BCUT2D eigenvalue weighted by Gasteiger charge is -2.17. The average molecular weight is 353 g/mol. The lowest BCUT2D eigenvalue weighted by atomic mass is 9.99. The lowest BCUT2D eigenvalue weighted by Crippen LogP contribution is -2.26. The molecule has 0 unspecified atom stereocenters. The summed E-state index contributed by atoms with van der Waals surface area (Å²) in [4.78, 5) is 12.7. The van der Waals surface area contributed by atoms with Crippen molar-refractivity contribution in [3.8, 4) is 0 Å². The quantitative estimate of drug-likeness (QED) is 0.777. The molecule has 0 saturated heterocycles. The molecule has 0 fully saturated rings. The molecule has 25 heavy (non-hydrogen) atoms. The summed E-state index contributed by atoms with van der Waals surface area (Å²) in [5.74, 6) is -0.236. The molecular weight excluding hydrogens is 334 g/mol. The Hall–Kier alpha value is -2.66. The molecule has 0 aliphatic rings. The van der Waals surface area contributed by atoms with Crippen molar-refractivity contribution in [2.75, 3.05) is 6.26 Å². The van der Waals surface area contributed by atoms with Gasteiger partial charge in [0.15, 0.2) is 9.84 Å². The predicted molar refractivity (Wildman–Crippen MR) is 99.4 cm³/mol. The summed E-state index contributed by atoms with van der Waals surface area (Å²) >= 11 is 0. The highest BCUT2D eigenvalue weighted by atomic mass is 32.2. The number of carbonyl (C=O) groups is 1. The summed E-state index contributed by atoms with van der Waals surface area (Å²) in [5.41, 5.74) is 1.47. The van der Waals surface area contributed by atoms with Crippen molar-refractivity contribution in [2.45, 2.75) is 17.9 Å². The summed E-state index contributed by atoms with van der Waals surface area (Å²) in [6.45, 7) is 1.94. The highest BCUT2D eigenvalue weighted by Gasteiger charge is 2.14. The zero-order valence-corrected chi connectivity index (χ0v) is 14.9. The van der Waals surface area contributed by atoms with E-state index in [4.69, 9.17) is 0 Å². The number of hydrogen-bond acceptors (Lipinski definition) is 3. The van der Waals surface area contributed by atoms with Crippen molar-refractivity contribution in [3.05, 3.63) is 77.9 Å². The number of rotatable bonds is 4. The Morgan fingerprint density at radius 3 is 2.24 bits per heavy atom. The summed E-state index contributed by atoms with van der Waals surface area (Å²) in [6.07, 6.45) is 1.14. The second-order valence-electron chi connectivity index (χ2n) is 6.06. The van der Waals surface area contributed by atoms with E-state index in [9.17, 15) is 13.2 Å². The molecule has 1 amide bonds. The van der Waals surface area contributed by atoms with Crippen LogP contribution in [0.1, 0.15) is 28.9 Å². The molecule has 1 N–H and O–H groups in total. The van der Waals surface area contributed by atoms with Gasteiger partial charge in [-0.2, -0.15) is 0 Å². The zero-order chi connectivity index (χ0) is 18.0. The maximum atomic E-state index is 12.5. The molecule has 3 rings (SSSR count). The maximum absolute atomic E-state index is 12.5. The van der Waals surface area contributed by atoms with Gasteiger partial charge in [-0.25, -0.2) is 8.42 Å². The standard InChI is InChI=1S/C20H19NO3S/c1-14(18-9-5-7-15-6-3-4-8-19(15)18)21-20(22)16-10-12-17(13-11-16)25(2,23)24/h3-14H,1-2H3,(H,21,22)/t14-/m0/s1. The predicted octanol–water partition coefficient (Wildman–Crippen LogP) is 3.73. The van der Waals surface area contributed by atoms with Crippen molar-refractivity contribution in [3.63, 3.8) is 0 Å².